The molecule has 1 heteroatoms. The number of aryl methyl sites for hydroxylation is 1. The van der Waals surface area contributed by atoms with E-state index in [9.17, 15) is 0 Å². The van der Waals surface area contributed by atoms with Gasteiger partial charge in [-0.2, -0.15) is 0 Å². The van der Waals surface area contributed by atoms with Crippen LogP contribution >= 0.6 is 0 Å². The Labute approximate surface area is 94.1 Å². The predicted molar refractivity (Wildman–Crippen MR) is 67.4 cm³/mol. The van der Waals surface area contributed by atoms with Gasteiger partial charge in [0.05, 0.1) is 0 Å². The van der Waals surface area contributed by atoms with Gasteiger partial charge in [0.2, 0.25) is 0 Å². The number of hydrogen-bond donors (Lipinski definition) is 0. The highest BCUT2D eigenvalue weighted by Gasteiger charge is 2.21. The third kappa shape index (κ3) is 3.35. The largest absolute Gasteiger partial charge is 0.306 e. The minimum absolute atomic E-state index is 0.235. The van der Waals surface area contributed by atoms with Crippen molar-refractivity contribution in [2.45, 2.75) is 33.1 Å². The zero-order valence-corrected chi connectivity index (χ0v) is 10.7. The van der Waals surface area contributed by atoms with Crippen LogP contribution in [0, 0.1) is 6.92 Å². The average molecular weight is 205 g/mol. The molecule has 0 aliphatic rings. The van der Waals surface area contributed by atoms with Gasteiger partial charge in [0.15, 0.2) is 0 Å². The van der Waals surface area contributed by atoms with Crippen molar-refractivity contribution in [2.24, 2.45) is 0 Å². The minimum atomic E-state index is 0.235. The Bertz CT molecular complexity index is 298. The van der Waals surface area contributed by atoms with E-state index in [-0.39, 0.29) is 5.41 Å². The molecule has 84 valence electrons. The topological polar surface area (TPSA) is 3.24 Å². The van der Waals surface area contributed by atoms with Crippen molar-refractivity contribution in [1.29, 1.82) is 0 Å². The Morgan fingerprint density at radius 1 is 1.13 bits per heavy atom. The summed E-state index contributed by atoms with van der Waals surface area (Å²) in [6, 6.07) is 8.89. The van der Waals surface area contributed by atoms with E-state index in [2.05, 4.69) is 63.9 Å². The second-order valence-corrected chi connectivity index (χ2v) is 5.08. The molecule has 0 saturated carbocycles. The molecule has 1 aromatic carbocycles. The van der Waals surface area contributed by atoms with Gasteiger partial charge in [-0.05, 0) is 26.1 Å². The van der Waals surface area contributed by atoms with Crippen LogP contribution in [0.25, 0.3) is 0 Å². The molecule has 0 radical (unpaired) electrons. The lowest BCUT2D eigenvalue weighted by atomic mass is 9.84. The van der Waals surface area contributed by atoms with Gasteiger partial charge in [-0.25, -0.2) is 0 Å². The van der Waals surface area contributed by atoms with Gasteiger partial charge in [0.1, 0.15) is 0 Å². The molecule has 1 nitrogen and oxygen atoms in total. The molecule has 0 unspecified atom stereocenters. The molecule has 0 aromatic heterocycles. The third-order valence-electron chi connectivity index (χ3n) is 3.04. The number of rotatable bonds is 4. The van der Waals surface area contributed by atoms with Crippen LogP contribution < -0.4 is 0 Å². The maximum absolute atomic E-state index is 2.36. The summed E-state index contributed by atoms with van der Waals surface area (Å²) in [5.41, 5.74) is 2.99. The quantitative estimate of drug-likeness (QED) is 0.729. The fourth-order valence-electron chi connectivity index (χ4n) is 1.88. The Balaban J connectivity index is 2.80. The van der Waals surface area contributed by atoms with Gasteiger partial charge in [-0.1, -0.05) is 50.6 Å². The molecule has 0 spiro atoms. The van der Waals surface area contributed by atoms with Gasteiger partial charge in [-0.15, -0.1) is 0 Å². The van der Waals surface area contributed by atoms with Gasteiger partial charge in [0.25, 0.3) is 0 Å². The van der Waals surface area contributed by atoms with Crippen LogP contribution in [-0.2, 0) is 5.41 Å². The van der Waals surface area contributed by atoms with Crippen molar-refractivity contribution in [3.05, 3.63) is 35.4 Å². The van der Waals surface area contributed by atoms with Gasteiger partial charge >= 0.3 is 0 Å². The molecule has 0 aliphatic heterocycles. The van der Waals surface area contributed by atoms with E-state index in [1.807, 2.05) is 0 Å². The number of benzene rings is 1. The van der Waals surface area contributed by atoms with Crippen molar-refractivity contribution in [3.8, 4) is 0 Å². The second kappa shape index (κ2) is 4.80. The van der Waals surface area contributed by atoms with Crippen LogP contribution in [0.1, 0.15) is 31.9 Å². The zero-order chi connectivity index (χ0) is 11.5. The maximum atomic E-state index is 2.36. The average Bonchev–Trinajstić information content (AvgIpc) is 2.17. The molecule has 0 heterocycles. The molecule has 0 fully saturated rings. The number of likely N-dealkylation sites (N-methyl/N-ethyl adjacent to an activating group) is 1. The molecular weight excluding hydrogens is 182 g/mol. The Hall–Kier alpha value is -0.820. The number of hydrogen-bond acceptors (Lipinski definition) is 1. The Kier molecular flexibility index (Phi) is 3.92. The minimum Gasteiger partial charge on any atom is -0.306 e. The fourth-order valence-corrected chi connectivity index (χ4v) is 1.88. The summed E-state index contributed by atoms with van der Waals surface area (Å²) in [4.78, 5) is 2.36. The van der Waals surface area contributed by atoms with Crippen LogP contribution in [0.5, 0.6) is 0 Å². The molecule has 0 N–H and O–H groups in total. The summed E-state index contributed by atoms with van der Waals surface area (Å²) in [6.07, 6.45) is 0. The van der Waals surface area contributed by atoms with E-state index in [0.29, 0.717) is 0 Å². The molecule has 0 aliphatic carbocycles. The summed E-state index contributed by atoms with van der Waals surface area (Å²) in [5, 5.41) is 0. The van der Waals surface area contributed by atoms with Crippen LogP contribution in [-0.4, -0.2) is 25.0 Å². The number of nitrogens with zero attached hydrogens (tertiary/aromatic N) is 1. The molecule has 1 rings (SSSR count). The summed E-state index contributed by atoms with van der Waals surface area (Å²) in [6.45, 7) is 11.2. The first kappa shape index (κ1) is 12.3. The molecular formula is C14H23N. The van der Waals surface area contributed by atoms with E-state index in [0.717, 1.165) is 13.1 Å². The highest BCUT2D eigenvalue weighted by atomic mass is 15.1. The first-order valence-corrected chi connectivity index (χ1v) is 5.71. The van der Waals surface area contributed by atoms with Crippen molar-refractivity contribution >= 4 is 0 Å². The fraction of sp³-hybridized carbons (Fsp3) is 0.571. The Morgan fingerprint density at radius 2 is 1.67 bits per heavy atom. The first-order chi connectivity index (χ1) is 6.95. The molecule has 0 saturated heterocycles. The zero-order valence-electron chi connectivity index (χ0n) is 10.7. The summed E-state index contributed by atoms with van der Waals surface area (Å²) >= 11 is 0. The Morgan fingerprint density at radius 3 is 2.13 bits per heavy atom. The van der Waals surface area contributed by atoms with Crippen LogP contribution in [0.4, 0.5) is 0 Å². The summed E-state index contributed by atoms with van der Waals surface area (Å²) < 4.78 is 0. The normalized spacial score (nSPS) is 12.1. The lowest BCUT2D eigenvalue weighted by molar-refractivity contribution is 0.280. The van der Waals surface area contributed by atoms with Crippen LogP contribution in [0.3, 0.4) is 0 Å². The first-order valence-electron chi connectivity index (χ1n) is 5.71. The van der Waals surface area contributed by atoms with E-state index in [4.69, 9.17) is 0 Å². The molecule has 0 atom stereocenters. The molecule has 0 bridgehead atoms. The lowest BCUT2D eigenvalue weighted by Gasteiger charge is -2.30. The monoisotopic (exact) mass is 205 g/mol. The van der Waals surface area contributed by atoms with E-state index in [1.165, 1.54) is 11.1 Å². The van der Waals surface area contributed by atoms with Gasteiger partial charge < -0.3 is 4.90 Å². The molecule has 1 aromatic rings. The van der Waals surface area contributed by atoms with Crippen molar-refractivity contribution < 1.29 is 0 Å². The van der Waals surface area contributed by atoms with E-state index >= 15 is 0 Å². The SMILES string of the molecule is CCN(C)CC(C)(C)c1ccc(C)cc1. The van der Waals surface area contributed by atoms with Crippen molar-refractivity contribution in [1.82, 2.24) is 4.90 Å². The van der Waals surface area contributed by atoms with Crippen molar-refractivity contribution in [2.75, 3.05) is 20.1 Å². The summed E-state index contributed by atoms with van der Waals surface area (Å²) in [7, 11) is 2.18. The highest BCUT2D eigenvalue weighted by molar-refractivity contribution is 5.27. The second-order valence-electron chi connectivity index (χ2n) is 5.08. The van der Waals surface area contributed by atoms with Crippen LogP contribution in [0.15, 0.2) is 24.3 Å². The smallest absolute Gasteiger partial charge is 0.00701 e. The van der Waals surface area contributed by atoms with Gasteiger partial charge in [-0.3, -0.25) is 0 Å². The standard InChI is InChI=1S/C14H23N/c1-6-15(5)11-14(3,4)13-9-7-12(2)8-10-13/h7-10H,6,11H2,1-5H3. The molecule has 15 heavy (non-hydrogen) atoms. The van der Waals surface area contributed by atoms with Crippen LogP contribution in [0.2, 0.25) is 0 Å². The van der Waals surface area contributed by atoms with E-state index < -0.39 is 0 Å². The highest BCUT2D eigenvalue weighted by Crippen LogP contribution is 2.24. The maximum Gasteiger partial charge on any atom is 0.00701 e. The predicted octanol–water partition coefficient (Wildman–Crippen LogP) is 3.22. The van der Waals surface area contributed by atoms with E-state index in [1.54, 1.807) is 0 Å². The van der Waals surface area contributed by atoms with Crippen molar-refractivity contribution in [3.63, 3.8) is 0 Å². The summed E-state index contributed by atoms with van der Waals surface area (Å²) in [5.74, 6) is 0. The van der Waals surface area contributed by atoms with Gasteiger partial charge in [0, 0.05) is 12.0 Å². The molecule has 0 amide bonds. The third-order valence-corrected chi connectivity index (χ3v) is 3.04. The lowest BCUT2D eigenvalue weighted by Crippen LogP contribution is -2.34.